The first-order valence-corrected chi connectivity index (χ1v) is 9.23. The van der Waals surface area contributed by atoms with Gasteiger partial charge in [0.2, 0.25) is 0 Å². The zero-order valence-electron chi connectivity index (χ0n) is 14.2. The second-order valence-corrected chi connectivity index (χ2v) is 6.81. The average Bonchev–Trinajstić information content (AvgIpc) is 2.70. The minimum absolute atomic E-state index is 0.187. The first kappa shape index (κ1) is 18.9. The molecule has 0 radical (unpaired) electrons. The van der Waals surface area contributed by atoms with Crippen LogP contribution in [0.1, 0.15) is 10.4 Å². The van der Waals surface area contributed by atoms with E-state index in [1.165, 1.54) is 0 Å². The smallest absolute Gasteiger partial charge is 0.349 e. The molecule has 0 saturated carbocycles. The lowest BCUT2D eigenvalue weighted by Crippen LogP contribution is -2.17. The molecule has 0 spiro atoms. The van der Waals surface area contributed by atoms with E-state index < -0.39 is 5.97 Å². The number of nitrogens with one attached hydrogen (secondary N) is 1. The van der Waals surface area contributed by atoms with Gasteiger partial charge in [-0.1, -0.05) is 18.2 Å². The summed E-state index contributed by atoms with van der Waals surface area (Å²) in [5.41, 5.74) is 1.18. The van der Waals surface area contributed by atoms with Crippen molar-refractivity contribution in [1.82, 2.24) is 0 Å². The SMILES string of the molecule is O=C(COc1ccc(I)cc1)Oc1ccc(NC(=O)c2ccccc2)cc1. The number of carbonyl (C=O) groups is 2. The highest BCUT2D eigenvalue weighted by Crippen LogP contribution is 2.17. The van der Waals surface area contributed by atoms with E-state index in [4.69, 9.17) is 9.47 Å². The molecule has 0 bridgehead atoms. The average molecular weight is 473 g/mol. The highest BCUT2D eigenvalue weighted by Gasteiger charge is 2.08. The largest absolute Gasteiger partial charge is 0.482 e. The molecule has 6 heteroatoms. The van der Waals surface area contributed by atoms with E-state index in [9.17, 15) is 9.59 Å². The summed E-state index contributed by atoms with van der Waals surface area (Å²) in [6.45, 7) is -0.187. The van der Waals surface area contributed by atoms with Crippen molar-refractivity contribution >= 4 is 40.2 Å². The van der Waals surface area contributed by atoms with Gasteiger partial charge in [-0.3, -0.25) is 4.79 Å². The van der Waals surface area contributed by atoms with E-state index in [1.807, 2.05) is 18.2 Å². The molecule has 3 rings (SSSR count). The van der Waals surface area contributed by atoms with E-state index in [1.54, 1.807) is 60.7 Å². The second kappa shape index (κ2) is 9.18. The molecule has 3 aromatic rings. The van der Waals surface area contributed by atoms with Gasteiger partial charge in [-0.25, -0.2) is 4.79 Å². The molecule has 136 valence electrons. The van der Waals surface area contributed by atoms with E-state index in [2.05, 4.69) is 27.9 Å². The maximum absolute atomic E-state index is 12.1. The summed E-state index contributed by atoms with van der Waals surface area (Å²) in [4.78, 5) is 24.0. The molecule has 1 N–H and O–H groups in total. The van der Waals surface area contributed by atoms with Crippen LogP contribution in [0, 0.1) is 3.57 Å². The first-order chi connectivity index (χ1) is 13.1. The van der Waals surface area contributed by atoms with Gasteiger partial charge in [0.05, 0.1) is 0 Å². The van der Waals surface area contributed by atoms with Crippen molar-refractivity contribution in [2.24, 2.45) is 0 Å². The van der Waals surface area contributed by atoms with Crippen molar-refractivity contribution in [2.75, 3.05) is 11.9 Å². The molecule has 3 aromatic carbocycles. The van der Waals surface area contributed by atoms with Crippen LogP contribution in [0.5, 0.6) is 11.5 Å². The molecule has 0 saturated heterocycles. The second-order valence-electron chi connectivity index (χ2n) is 5.56. The number of benzene rings is 3. The lowest BCUT2D eigenvalue weighted by Gasteiger charge is -2.08. The van der Waals surface area contributed by atoms with E-state index in [0.717, 1.165) is 3.57 Å². The van der Waals surface area contributed by atoms with Gasteiger partial charge < -0.3 is 14.8 Å². The van der Waals surface area contributed by atoms with Gasteiger partial charge in [0.15, 0.2) is 6.61 Å². The Morgan fingerprint density at radius 2 is 1.44 bits per heavy atom. The Bertz CT molecular complexity index is 909. The monoisotopic (exact) mass is 473 g/mol. The fraction of sp³-hybridized carbons (Fsp3) is 0.0476. The van der Waals surface area contributed by atoms with Crippen LogP contribution in [0.25, 0.3) is 0 Å². The summed E-state index contributed by atoms with van der Waals surface area (Å²) in [5, 5.41) is 2.79. The fourth-order valence-corrected chi connectivity index (χ4v) is 2.59. The molecular formula is C21H16INO4. The third-order valence-corrected chi connectivity index (χ3v) is 4.27. The molecule has 0 heterocycles. The van der Waals surface area contributed by atoms with Crippen LogP contribution in [0.2, 0.25) is 0 Å². The molecule has 27 heavy (non-hydrogen) atoms. The predicted octanol–water partition coefficient (Wildman–Crippen LogP) is 4.53. The summed E-state index contributed by atoms with van der Waals surface area (Å²) in [7, 11) is 0. The summed E-state index contributed by atoms with van der Waals surface area (Å²) in [6, 6.07) is 22.9. The molecule has 0 fully saturated rings. The van der Waals surface area contributed by atoms with Crippen LogP contribution in [-0.2, 0) is 4.79 Å². The van der Waals surface area contributed by atoms with Crippen LogP contribution in [-0.4, -0.2) is 18.5 Å². The Morgan fingerprint density at radius 1 is 0.815 bits per heavy atom. The molecule has 0 aliphatic rings. The molecule has 0 aliphatic heterocycles. The van der Waals surface area contributed by atoms with Crippen LogP contribution < -0.4 is 14.8 Å². The van der Waals surface area contributed by atoms with Gasteiger partial charge >= 0.3 is 5.97 Å². The van der Waals surface area contributed by atoms with E-state index >= 15 is 0 Å². The zero-order chi connectivity index (χ0) is 19.1. The number of amides is 1. The summed E-state index contributed by atoms with van der Waals surface area (Å²) in [6.07, 6.45) is 0. The van der Waals surface area contributed by atoms with Crippen LogP contribution in [0.15, 0.2) is 78.9 Å². The number of ether oxygens (including phenoxy) is 2. The summed E-state index contributed by atoms with van der Waals surface area (Å²) in [5.74, 6) is 0.274. The number of carbonyl (C=O) groups excluding carboxylic acids is 2. The third-order valence-electron chi connectivity index (χ3n) is 3.55. The molecule has 1 amide bonds. The molecular weight excluding hydrogens is 457 g/mol. The Balaban J connectivity index is 1.50. The van der Waals surface area contributed by atoms with Crippen molar-refractivity contribution in [3.8, 4) is 11.5 Å². The molecule has 0 unspecified atom stereocenters. The summed E-state index contributed by atoms with van der Waals surface area (Å²) >= 11 is 2.19. The number of anilines is 1. The Hall–Kier alpha value is -2.87. The van der Waals surface area contributed by atoms with E-state index in [0.29, 0.717) is 22.7 Å². The topological polar surface area (TPSA) is 64.6 Å². The molecule has 0 aliphatic carbocycles. The number of halogens is 1. The molecule has 0 atom stereocenters. The normalized spacial score (nSPS) is 10.1. The zero-order valence-corrected chi connectivity index (χ0v) is 16.4. The maximum Gasteiger partial charge on any atom is 0.349 e. The van der Waals surface area contributed by atoms with Crippen molar-refractivity contribution in [1.29, 1.82) is 0 Å². The third kappa shape index (κ3) is 5.82. The highest BCUT2D eigenvalue weighted by atomic mass is 127. The van der Waals surface area contributed by atoms with Crippen LogP contribution in [0.4, 0.5) is 5.69 Å². The van der Waals surface area contributed by atoms with Crippen molar-refractivity contribution in [3.63, 3.8) is 0 Å². The number of hydrogen-bond acceptors (Lipinski definition) is 4. The lowest BCUT2D eigenvalue weighted by atomic mass is 10.2. The lowest BCUT2D eigenvalue weighted by molar-refractivity contribution is -0.136. The first-order valence-electron chi connectivity index (χ1n) is 8.16. The van der Waals surface area contributed by atoms with Crippen molar-refractivity contribution < 1.29 is 19.1 Å². The van der Waals surface area contributed by atoms with Gasteiger partial charge in [-0.05, 0) is 83.3 Å². The van der Waals surface area contributed by atoms with Gasteiger partial charge in [-0.15, -0.1) is 0 Å². The standard InChI is InChI=1S/C21H16INO4/c22-16-6-10-18(11-7-16)26-14-20(24)27-19-12-8-17(9-13-19)23-21(25)15-4-2-1-3-5-15/h1-13H,14H2,(H,23,25). The van der Waals surface area contributed by atoms with Crippen molar-refractivity contribution in [3.05, 3.63) is 88.0 Å². The van der Waals surface area contributed by atoms with Crippen LogP contribution in [0.3, 0.4) is 0 Å². The molecule has 0 aromatic heterocycles. The van der Waals surface area contributed by atoms with Gasteiger partial charge in [0, 0.05) is 14.8 Å². The van der Waals surface area contributed by atoms with Gasteiger partial charge in [0.1, 0.15) is 11.5 Å². The van der Waals surface area contributed by atoms with Crippen LogP contribution >= 0.6 is 22.6 Å². The minimum atomic E-state index is -0.505. The van der Waals surface area contributed by atoms with Gasteiger partial charge in [-0.2, -0.15) is 0 Å². The minimum Gasteiger partial charge on any atom is -0.482 e. The predicted molar refractivity (Wildman–Crippen MR) is 111 cm³/mol. The summed E-state index contributed by atoms with van der Waals surface area (Å²) < 4.78 is 11.7. The Labute approximate surface area is 170 Å². The van der Waals surface area contributed by atoms with Crippen molar-refractivity contribution in [2.45, 2.75) is 0 Å². The maximum atomic E-state index is 12.1. The number of rotatable bonds is 6. The van der Waals surface area contributed by atoms with Gasteiger partial charge in [0.25, 0.3) is 5.91 Å². The Morgan fingerprint density at radius 3 is 2.11 bits per heavy atom. The highest BCUT2D eigenvalue weighted by molar-refractivity contribution is 14.1. The number of esters is 1. The Kier molecular flexibility index (Phi) is 6.43. The fourth-order valence-electron chi connectivity index (χ4n) is 2.23. The molecule has 5 nitrogen and oxygen atoms in total. The van der Waals surface area contributed by atoms with E-state index in [-0.39, 0.29) is 12.5 Å². The number of hydrogen-bond donors (Lipinski definition) is 1. The quantitative estimate of drug-likeness (QED) is 0.325.